The topological polar surface area (TPSA) is 128 Å². The van der Waals surface area contributed by atoms with Crippen molar-refractivity contribution in [3.8, 4) is 17.1 Å². The van der Waals surface area contributed by atoms with Gasteiger partial charge in [0.05, 0.1) is 29.0 Å². The number of hydrogen-bond donors (Lipinski definition) is 2. The molecule has 2 aliphatic heterocycles. The van der Waals surface area contributed by atoms with Crippen LogP contribution in [0.2, 0.25) is 0 Å². The number of fused-ring (bicyclic) bond motifs is 5. The fourth-order valence-corrected chi connectivity index (χ4v) is 5.22. The summed E-state index contributed by atoms with van der Waals surface area (Å²) in [7, 11) is 0. The molecule has 0 saturated carbocycles. The summed E-state index contributed by atoms with van der Waals surface area (Å²) in [6, 6.07) is 15.6. The number of esters is 2. The minimum atomic E-state index is -1.93. The van der Waals surface area contributed by atoms with Crippen molar-refractivity contribution < 1.29 is 29.3 Å². The summed E-state index contributed by atoms with van der Waals surface area (Å²) in [5.41, 5.74) is 1.71. The summed E-state index contributed by atoms with van der Waals surface area (Å²) in [6.45, 7) is 1.68. The lowest BCUT2D eigenvalue weighted by molar-refractivity contribution is -0.172. The van der Waals surface area contributed by atoms with Gasteiger partial charge in [-0.25, -0.2) is 14.6 Å². The molecule has 0 fully saturated rings. The predicted octanol–water partition coefficient (Wildman–Crippen LogP) is 3.54. The largest absolute Gasteiger partial charge is 0.508 e. The maximum absolute atomic E-state index is 13.5. The lowest BCUT2D eigenvalue weighted by Crippen LogP contribution is -2.44. The molecule has 0 radical (unpaired) electrons. The van der Waals surface area contributed by atoms with Gasteiger partial charge in [0.15, 0.2) is 5.60 Å². The van der Waals surface area contributed by atoms with Crippen LogP contribution >= 0.6 is 0 Å². The third-order valence-electron chi connectivity index (χ3n) is 7.33. The Bertz CT molecular complexity index is 1760. The number of hydrogen-bond acceptors (Lipinski definition) is 8. The third kappa shape index (κ3) is 3.98. The molecule has 2 aromatic heterocycles. The molecule has 9 heteroatoms. The van der Waals surface area contributed by atoms with Crippen LogP contribution in [0.5, 0.6) is 5.75 Å². The SMILES string of the molecule is CC[C@@]1(O)C(=O)OCc2c1cc1n(c2=O)Cc2c-1nc1ccc(O)cc1c2/C=C\C(=O)OCc1ccccc1. The van der Waals surface area contributed by atoms with Gasteiger partial charge >= 0.3 is 11.9 Å². The van der Waals surface area contributed by atoms with Gasteiger partial charge in [0.25, 0.3) is 5.56 Å². The van der Waals surface area contributed by atoms with Crippen molar-refractivity contribution in [3.63, 3.8) is 0 Å². The lowest BCUT2D eigenvalue weighted by atomic mass is 9.86. The van der Waals surface area contributed by atoms with Gasteiger partial charge in [-0.05, 0) is 47.9 Å². The molecular weight excluding hydrogens is 500 g/mol. The van der Waals surface area contributed by atoms with E-state index in [1.54, 1.807) is 31.2 Å². The summed E-state index contributed by atoms with van der Waals surface area (Å²) < 4.78 is 12.0. The standard InChI is InChI=1S/C30H24N2O7/c1-2-30(37)23-13-25-27-21(14-32(25)28(35)22(23)16-39-29(30)36)19(20-12-18(33)8-10-24(20)31-27)9-11-26(34)38-15-17-6-4-3-5-7-17/h3-13,33,37H,2,14-16H2,1H3/b11-9-/t30-/m0/s1. The molecule has 2 aliphatic rings. The van der Waals surface area contributed by atoms with Crippen LogP contribution in [-0.2, 0) is 44.4 Å². The van der Waals surface area contributed by atoms with Crippen LogP contribution in [0, 0.1) is 0 Å². The van der Waals surface area contributed by atoms with Gasteiger partial charge in [-0.15, -0.1) is 0 Å². The Labute approximate surface area is 222 Å². The van der Waals surface area contributed by atoms with Crippen LogP contribution in [0.25, 0.3) is 28.4 Å². The quantitative estimate of drug-likeness (QED) is 0.264. The van der Waals surface area contributed by atoms with Crippen molar-refractivity contribution in [1.29, 1.82) is 0 Å². The molecule has 0 amide bonds. The number of cyclic esters (lactones) is 1. The van der Waals surface area contributed by atoms with Crippen molar-refractivity contribution in [3.05, 3.63) is 98.8 Å². The van der Waals surface area contributed by atoms with Crippen molar-refractivity contribution in [2.75, 3.05) is 0 Å². The van der Waals surface area contributed by atoms with Gasteiger partial charge in [0.2, 0.25) is 0 Å². The number of aromatic hydroxyl groups is 1. The number of phenolic OH excluding ortho intramolecular Hbond substituents is 1. The Morgan fingerprint density at radius 3 is 2.72 bits per heavy atom. The van der Waals surface area contributed by atoms with Crippen molar-refractivity contribution in [2.45, 2.75) is 38.7 Å². The molecule has 0 unspecified atom stereocenters. The summed E-state index contributed by atoms with van der Waals surface area (Å²) in [5.74, 6) is -1.32. The normalized spacial score (nSPS) is 17.5. The van der Waals surface area contributed by atoms with E-state index >= 15 is 0 Å². The number of aliphatic hydroxyl groups is 1. The number of rotatable bonds is 5. The van der Waals surface area contributed by atoms with Crippen LogP contribution in [0.15, 0.2) is 65.5 Å². The molecule has 39 heavy (non-hydrogen) atoms. The summed E-state index contributed by atoms with van der Waals surface area (Å²) in [5, 5.41) is 21.9. The number of aromatic nitrogens is 2. The van der Waals surface area contributed by atoms with Gasteiger partial charge in [-0.2, -0.15) is 0 Å². The fraction of sp³-hybridized carbons (Fsp3) is 0.200. The zero-order valence-electron chi connectivity index (χ0n) is 21.0. The van der Waals surface area contributed by atoms with Gasteiger partial charge in [-0.1, -0.05) is 37.3 Å². The average molecular weight is 525 g/mol. The maximum Gasteiger partial charge on any atom is 0.343 e. The Kier molecular flexibility index (Phi) is 5.80. The van der Waals surface area contributed by atoms with Crippen LogP contribution in [0.4, 0.5) is 0 Å². The molecule has 4 heterocycles. The van der Waals surface area contributed by atoms with Gasteiger partial charge in [0.1, 0.15) is 19.0 Å². The number of benzene rings is 2. The number of pyridine rings is 2. The molecule has 2 aromatic carbocycles. The smallest absolute Gasteiger partial charge is 0.343 e. The second-order valence-corrected chi connectivity index (χ2v) is 9.58. The van der Waals surface area contributed by atoms with E-state index in [1.165, 1.54) is 16.7 Å². The Hall–Kier alpha value is -4.76. The molecule has 0 aliphatic carbocycles. The number of carbonyl (C=O) groups excluding carboxylic acids is 2. The highest BCUT2D eigenvalue weighted by molar-refractivity contribution is 5.97. The molecule has 196 valence electrons. The molecule has 0 saturated heterocycles. The number of nitrogens with zero attached hydrogens (tertiary/aromatic N) is 2. The Balaban J connectivity index is 1.46. The third-order valence-corrected chi connectivity index (χ3v) is 7.33. The van der Waals surface area contributed by atoms with Gasteiger partial charge in [-0.3, -0.25) is 4.79 Å². The molecule has 2 N–H and O–H groups in total. The highest BCUT2D eigenvalue weighted by Gasteiger charge is 2.45. The Morgan fingerprint density at radius 1 is 1.15 bits per heavy atom. The number of carbonyl (C=O) groups is 2. The van der Waals surface area contributed by atoms with E-state index < -0.39 is 17.5 Å². The zero-order valence-corrected chi connectivity index (χ0v) is 21.0. The highest BCUT2D eigenvalue weighted by atomic mass is 16.6. The van der Waals surface area contributed by atoms with Crippen molar-refractivity contribution in [2.24, 2.45) is 0 Å². The number of phenols is 1. The molecular formula is C30H24N2O7. The second-order valence-electron chi connectivity index (χ2n) is 9.58. The summed E-state index contributed by atoms with van der Waals surface area (Å²) in [6.07, 6.45) is 2.95. The van der Waals surface area contributed by atoms with Crippen LogP contribution in [0.3, 0.4) is 0 Å². The minimum Gasteiger partial charge on any atom is -0.508 e. The minimum absolute atomic E-state index is 0.0253. The van der Waals surface area contributed by atoms with E-state index in [1.807, 2.05) is 30.3 Å². The van der Waals surface area contributed by atoms with Crippen LogP contribution < -0.4 is 5.56 Å². The van der Waals surface area contributed by atoms with Crippen LogP contribution in [-0.4, -0.2) is 31.7 Å². The summed E-state index contributed by atoms with van der Waals surface area (Å²) in [4.78, 5) is 43.3. The van der Waals surface area contributed by atoms with Crippen molar-refractivity contribution >= 4 is 28.9 Å². The fourth-order valence-electron chi connectivity index (χ4n) is 5.22. The number of ether oxygens (including phenoxy) is 2. The molecule has 4 aromatic rings. The van der Waals surface area contributed by atoms with E-state index in [4.69, 9.17) is 14.5 Å². The van der Waals surface area contributed by atoms with E-state index in [2.05, 4.69) is 0 Å². The van der Waals surface area contributed by atoms with E-state index in [0.717, 1.165) is 5.56 Å². The summed E-state index contributed by atoms with van der Waals surface area (Å²) >= 11 is 0. The van der Waals surface area contributed by atoms with Gasteiger partial charge in [0, 0.05) is 22.6 Å². The van der Waals surface area contributed by atoms with Crippen molar-refractivity contribution in [1.82, 2.24) is 9.55 Å². The second kappa shape index (κ2) is 9.21. The zero-order chi connectivity index (χ0) is 27.3. The van der Waals surface area contributed by atoms with Crippen LogP contribution in [0.1, 0.15) is 41.2 Å². The highest BCUT2D eigenvalue weighted by Crippen LogP contribution is 2.41. The maximum atomic E-state index is 13.5. The molecule has 9 nitrogen and oxygen atoms in total. The first-order chi connectivity index (χ1) is 18.8. The molecule has 6 rings (SSSR count). The molecule has 0 bridgehead atoms. The molecule has 0 spiro atoms. The first-order valence-electron chi connectivity index (χ1n) is 12.5. The van der Waals surface area contributed by atoms with E-state index in [9.17, 15) is 24.6 Å². The first kappa shape index (κ1) is 24.6. The Morgan fingerprint density at radius 2 is 1.95 bits per heavy atom. The van der Waals surface area contributed by atoms with E-state index in [0.29, 0.717) is 33.4 Å². The van der Waals surface area contributed by atoms with Gasteiger partial charge < -0.3 is 24.3 Å². The predicted molar refractivity (Wildman–Crippen MR) is 141 cm³/mol. The lowest BCUT2D eigenvalue weighted by Gasteiger charge is -2.31. The molecule has 1 atom stereocenters. The first-order valence-corrected chi connectivity index (χ1v) is 12.5. The van der Waals surface area contributed by atoms with E-state index in [-0.39, 0.29) is 48.6 Å². The average Bonchev–Trinajstić information content (AvgIpc) is 3.31. The monoisotopic (exact) mass is 524 g/mol.